The van der Waals surface area contributed by atoms with Crippen molar-refractivity contribution in [1.82, 2.24) is 0 Å². The van der Waals surface area contributed by atoms with Gasteiger partial charge in [-0.25, -0.2) is 0 Å². The first-order valence-corrected chi connectivity index (χ1v) is 11.1. The Morgan fingerprint density at radius 3 is 1.23 bits per heavy atom. The molecule has 0 aromatic heterocycles. The molecule has 4 nitrogen and oxygen atoms in total. The second kappa shape index (κ2) is 10.3. The smallest absolute Gasteiger partial charge is 0.308 e. The third kappa shape index (κ3) is 5.99. The fourth-order valence-electron chi connectivity index (χ4n) is 4.91. The van der Waals surface area contributed by atoms with E-state index in [9.17, 15) is 9.59 Å². The van der Waals surface area contributed by atoms with Crippen LogP contribution in [0.1, 0.15) is 89.9 Å². The van der Waals surface area contributed by atoms with Crippen molar-refractivity contribution in [2.75, 3.05) is 13.2 Å². The molecule has 0 aliphatic heterocycles. The van der Waals surface area contributed by atoms with Crippen LogP contribution >= 0.6 is 0 Å². The normalized spacial score (nSPS) is 28.5. The Labute approximate surface area is 158 Å². The molecule has 26 heavy (non-hydrogen) atoms. The van der Waals surface area contributed by atoms with Gasteiger partial charge in [0.1, 0.15) is 0 Å². The molecule has 148 valence electrons. The molecule has 3 aliphatic rings. The van der Waals surface area contributed by atoms with Crippen LogP contribution in [0.3, 0.4) is 0 Å². The molecular weight excluding hydrogens is 328 g/mol. The van der Waals surface area contributed by atoms with Gasteiger partial charge in [0.15, 0.2) is 0 Å². The molecule has 0 aromatic rings. The average Bonchev–Trinajstić information content (AvgIpc) is 2.72. The van der Waals surface area contributed by atoms with Crippen LogP contribution < -0.4 is 0 Å². The third-order valence-electron chi connectivity index (χ3n) is 6.77. The Morgan fingerprint density at radius 2 is 0.885 bits per heavy atom. The Balaban J connectivity index is 1.31. The van der Waals surface area contributed by atoms with E-state index in [1.165, 1.54) is 64.2 Å². The fraction of sp³-hybridized carbons (Fsp3) is 0.909. The standard InChI is InChI=1S/C22H36O4/c23-21(25-15-17-7-3-1-4-8-17)19-11-13-20(14-12-19)22(24)26-16-18-9-5-2-6-10-18/h17-20H,1-16H2. The minimum Gasteiger partial charge on any atom is -0.465 e. The summed E-state index contributed by atoms with van der Waals surface area (Å²) < 4.78 is 11.2. The maximum atomic E-state index is 12.3. The van der Waals surface area contributed by atoms with Gasteiger partial charge in [0.2, 0.25) is 0 Å². The lowest BCUT2D eigenvalue weighted by Crippen LogP contribution is -2.30. The van der Waals surface area contributed by atoms with Crippen LogP contribution in [-0.4, -0.2) is 25.2 Å². The van der Waals surface area contributed by atoms with Gasteiger partial charge in [0, 0.05) is 0 Å². The second-order valence-corrected chi connectivity index (χ2v) is 8.82. The van der Waals surface area contributed by atoms with Gasteiger partial charge in [-0.15, -0.1) is 0 Å². The van der Waals surface area contributed by atoms with E-state index in [1.54, 1.807) is 0 Å². The lowest BCUT2D eigenvalue weighted by atomic mass is 9.82. The lowest BCUT2D eigenvalue weighted by Gasteiger charge is -2.28. The summed E-state index contributed by atoms with van der Waals surface area (Å²) >= 11 is 0. The van der Waals surface area contributed by atoms with Crippen molar-refractivity contribution >= 4 is 11.9 Å². The summed E-state index contributed by atoms with van der Waals surface area (Å²) in [7, 11) is 0. The molecule has 0 N–H and O–H groups in total. The van der Waals surface area contributed by atoms with E-state index in [-0.39, 0.29) is 23.8 Å². The first-order valence-electron chi connectivity index (χ1n) is 11.1. The zero-order valence-corrected chi connectivity index (χ0v) is 16.3. The minimum absolute atomic E-state index is 0.0130. The van der Waals surface area contributed by atoms with Crippen LogP contribution in [0.15, 0.2) is 0 Å². The molecule has 0 bridgehead atoms. The van der Waals surface area contributed by atoms with Crippen LogP contribution in [0, 0.1) is 23.7 Å². The SMILES string of the molecule is O=C(OCC1CCCCC1)C1CCC(C(=O)OCC2CCCCC2)CC1. The van der Waals surface area contributed by atoms with Crippen molar-refractivity contribution in [2.24, 2.45) is 23.7 Å². The van der Waals surface area contributed by atoms with Gasteiger partial charge in [-0.3, -0.25) is 9.59 Å². The summed E-state index contributed by atoms with van der Waals surface area (Å²) in [6.45, 7) is 1.20. The van der Waals surface area contributed by atoms with Crippen LogP contribution in [0.5, 0.6) is 0 Å². The number of carbonyl (C=O) groups is 2. The van der Waals surface area contributed by atoms with Crippen molar-refractivity contribution < 1.29 is 19.1 Å². The molecule has 0 saturated heterocycles. The topological polar surface area (TPSA) is 52.6 Å². The molecule has 0 unspecified atom stereocenters. The van der Waals surface area contributed by atoms with E-state index >= 15 is 0 Å². The molecule has 0 atom stereocenters. The van der Waals surface area contributed by atoms with Crippen LogP contribution in [-0.2, 0) is 19.1 Å². The summed E-state index contributed by atoms with van der Waals surface area (Å²) in [5.41, 5.74) is 0. The molecule has 0 aromatic carbocycles. The second-order valence-electron chi connectivity index (χ2n) is 8.82. The Kier molecular flexibility index (Phi) is 7.82. The van der Waals surface area contributed by atoms with Gasteiger partial charge in [0.05, 0.1) is 25.0 Å². The monoisotopic (exact) mass is 364 g/mol. The highest BCUT2D eigenvalue weighted by Crippen LogP contribution is 2.32. The predicted octanol–water partition coefficient (Wildman–Crippen LogP) is 5.04. The number of hydrogen-bond donors (Lipinski definition) is 0. The molecule has 3 fully saturated rings. The molecule has 3 rings (SSSR count). The maximum absolute atomic E-state index is 12.3. The highest BCUT2D eigenvalue weighted by molar-refractivity contribution is 5.75. The van der Waals surface area contributed by atoms with Gasteiger partial charge >= 0.3 is 11.9 Å². The molecule has 0 amide bonds. The fourth-order valence-corrected chi connectivity index (χ4v) is 4.91. The molecular formula is C22H36O4. The molecule has 3 aliphatic carbocycles. The van der Waals surface area contributed by atoms with E-state index in [2.05, 4.69) is 0 Å². The van der Waals surface area contributed by atoms with Crippen molar-refractivity contribution in [3.05, 3.63) is 0 Å². The van der Waals surface area contributed by atoms with Gasteiger partial charge in [-0.2, -0.15) is 0 Å². The molecule has 0 heterocycles. The lowest BCUT2D eigenvalue weighted by molar-refractivity contribution is -0.156. The van der Waals surface area contributed by atoms with Crippen LogP contribution in [0.2, 0.25) is 0 Å². The highest BCUT2D eigenvalue weighted by Gasteiger charge is 2.32. The summed E-state index contributed by atoms with van der Waals surface area (Å²) in [5.74, 6) is 1.04. The van der Waals surface area contributed by atoms with Crippen LogP contribution in [0.4, 0.5) is 0 Å². The summed E-state index contributed by atoms with van der Waals surface area (Å²) in [6.07, 6.45) is 15.6. The molecule has 0 radical (unpaired) electrons. The number of ether oxygens (including phenoxy) is 2. The molecule has 4 heteroatoms. The Morgan fingerprint density at radius 1 is 0.538 bits per heavy atom. The van der Waals surface area contributed by atoms with Crippen molar-refractivity contribution in [3.8, 4) is 0 Å². The first-order chi connectivity index (χ1) is 12.7. The van der Waals surface area contributed by atoms with Gasteiger partial charge in [-0.1, -0.05) is 38.5 Å². The van der Waals surface area contributed by atoms with Gasteiger partial charge in [0.25, 0.3) is 0 Å². The number of carbonyl (C=O) groups excluding carboxylic acids is 2. The molecule has 3 saturated carbocycles. The first kappa shape index (κ1) is 19.7. The third-order valence-corrected chi connectivity index (χ3v) is 6.77. The highest BCUT2D eigenvalue weighted by atomic mass is 16.5. The zero-order valence-electron chi connectivity index (χ0n) is 16.3. The van der Waals surface area contributed by atoms with Gasteiger partial charge in [-0.05, 0) is 63.2 Å². The van der Waals surface area contributed by atoms with Crippen molar-refractivity contribution in [2.45, 2.75) is 89.9 Å². The zero-order chi connectivity index (χ0) is 18.2. The van der Waals surface area contributed by atoms with E-state index in [0.29, 0.717) is 25.0 Å². The van der Waals surface area contributed by atoms with Crippen LogP contribution in [0.25, 0.3) is 0 Å². The summed E-state index contributed by atoms with van der Waals surface area (Å²) in [6, 6.07) is 0. The average molecular weight is 365 g/mol. The largest absolute Gasteiger partial charge is 0.465 e. The van der Waals surface area contributed by atoms with E-state index < -0.39 is 0 Å². The quantitative estimate of drug-likeness (QED) is 0.620. The number of esters is 2. The van der Waals surface area contributed by atoms with E-state index in [0.717, 1.165) is 25.7 Å². The van der Waals surface area contributed by atoms with Crippen molar-refractivity contribution in [3.63, 3.8) is 0 Å². The summed E-state index contributed by atoms with van der Waals surface area (Å²) in [4.78, 5) is 24.6. The summed E-state index contributed by atoms with van der Waals surface area (Å²) in [5, 5.41) is 0. The Hall–Kier alpha value is -1.06. The van der Waals surface area contributed by atoms with E-state index in [4.69, 9.17) is 9.47 Å². The minimum atomic E-state index is -0.0374. The number of hydrogen-bond acceptors (Lipinski definition) is 4. The van der Waals surface area contributed by atoms with Gasteiger partial charge < -0.3 is 9.47 Å². The van der Waals surface area contributed by atoms with E-state index in [1.807, 2.05) is 0 Å². The number of rotatable bonds is 6. The predicted molar refractivity (Wildman–Crippen MR) is 101 cm³/mol. The molecule has 0 spiro atoms. The maximum Gasteiger partial charge on any atom is 0.308 e. The Bertz CT molecular complexity index is 399. The van der Waals surface area contributed by atoms with Crippen molar-refractivity contribution in [1.29, 1.82) is 0 Å².